The second-order valence-electron chi connectivity index (χ2n) is 6.53. The van der Waals surface area contributed by atoms with Crippen LogP contribution in [0, 0.1) is 6.92 Å². The van der Waals surface area contributed by atoms with Gasteiger partial charge in [-0.25, -0.2) is 8.42 Å². The molecule has 0 aliphatic carbocycles. The van der Waals surface area contributed by atoms with Gasteiger partial charge in [-0.3, -0.25) is 9.10 Å². The normalized spacial score (nSPS) is 11.3. The molecule has 140 valence electrons. The third kappa shape index (κ3) is 4.65. The minimum atomic E-state index is -3.62. The Kier molecular flexibility index (Phi) is 5.46. The van der Waals surface area contributed by atoms with Gasteiger partial charge in [-0.15, -0.1) is 0 Å². The van der Waals surface area contributed by atoms with Gasteiger partial charge in [0.05, 0.1) is 11.9 Å². The molecule has 0 aromatic heterocycles. The number of benzene rings is 3. The van der Waals surface area contributed by atoms with Crippen molar-refractivity contribution in [3.8, 4) is 0 Å². The van der Waals surface area contributed by atoms with Crippen molar-refractivity contribution < 1.29 is 13.2 Å². The average Bonchev–Trinajstić information content (AvgIpc) is 2.63. The van der Waals surface area contributed by atoms with Crippen LogP contribution in [0.1, 0.15) is 11.1 Å². The molecule has 6 heteroatoms. The standard InChI is InChI=1S/C21H22N2O3S/c1-16-7-5-8-17(13-16)14-22-21(24)15-23(27(2,25)26)20-12-6-10-18-9-3-4-11-19(18)20/h3-13H,14-15H2,1-2H3,(H,22,24). The fourth-order valence-corrected chi connectivity index (χ4v) is 3.88. The number of anilines is 1. The second-order valence-corrected chi connectivity index (χ2v) is 8.44. The molecule has 0 spiro atoms. The molecule has 0 saturated heterocycles. The van der Waals surface area contributed by atoms with E-state index in [4.69, 9.17) is 0 Å². The lowest BCUT2D eigenvalue weighted by molar-refractivity contribution is -0.119. The Hall–Kier alpha value is -2.86. The Balaban J connectivity index is 1.82. The van der Waals surface area contributed by atoms with Crippen LogP contribution in [0.3, 0.4) is 0 Å². The van der Waals surface area contributed by atoms with Crippen LogP contribution in [0.15, 0.2) is 66.7 Å². The number of hydrogen-bond donors (Lipinski definition) is 1. The molecule has 0 atom stereocenters. The number of hydrogen-bond acceptors (Lipinski definition) is 3. The monoisotopic (exact) mass is 382 g/mol. The van der Waals surface area contributed by atoms with E-state index in [0.717, 1.165) is 32.5 Å². The molecule has 3 aromatic rings. The third-order valence-corrected chi connectivity index (χ3v) is 5.42. The van der Waals surface area contributed by atoms with Crippen molar-refractivity contribution in [1.29, 1.82) is 0 Å². The SMILES string of the molecule is Cc1cccc(CNC(=O)CN(c2cccc3ccccc23)S(C)(=O)=O)c1. The van der Waals surface area contributed by atoms with E-state index in [2.05, 4.69) is 5.32 Å². The lowest BCUT2D eigenvalue weighted by Gasteiger charge is -2.23. The zero-order valence-electron chi connectivity index (χ0n) is 15.3. The van der Waals surface area contributed by atoms with Gasteiger partial charge in [0.1, 0.15) is 6.54 Å². The summed E-state index contributed by atoms with van der Waals surface area (Å²) in [6.07, 6.45) is 1.11. The van der Waals surface area contributed by atoms with Crippen molar-refractivity contribution in [2.45, 2.75) is 13.5 Å². The van der Waals surface area contributed by atoms with Crippen LogP contribution in [-0.4, -0.2) is 27.1 Å². The number of amides is 1. The smallest absolute Gasteiger partial charge is 0.241 e. The lowest BCUT2D eigenvalue weighted by Crippen LogP contribution is -2.40. The topological polar surface area (TPSA) is 66.5 Å². The van der Waals surface area contributed by atoms with E-state index in [9.17, 15) is 13.2 Å². The molecule has 0 aliphatic heterocycles. The number of aryl methyl sites for hydroxylation is 1. The molecular formula is C21H22N2O3S. The number of carbonyl (C=O) groups is 1. The molecule has 0 fully saturated rings. The van der Waals surface area contributed by atoms with E-state index < -0.39 is 10.0 Å². The summed E-state index contributed by atoms with van der Waals surface area (Å²) < 4.78 is 25.9. The Bertz CT molecular complexity index is 1070. The summed E-state index contributed by atoms with van der Waals surface area (Å²) in [6.45, 7) is 2.07. The summed E-state index contributed by atoms with van der Waals surface area (Å²) in [5, 5.41) is 4.51. The Morgan fingerprint density at radius 2 is 1.70 bits per heavy atom. The molecule has 1 amide bonds. The molecule has 5 nitrogen and oxygen atoms in total. The summed E-state index contributed by atoms with van der Waals surface area (Å²) in [6, 6.07) is 20.8. The number of carbonyl (C=O) groups excluding carboxylic acids is 1. The maximum Gasteiger partial charge on any atom is 0.241 e. The second kappa shape index (κ2) is 7.80. The number of rotatable bonds is 6. The van der Waals surface area contributed by atoms with Gasteiger partial charge < -0.3 is 5.32 Å². The van der Waals surface area contributed by atoms with Gasteiger partial charge in [-0.2, -0.15) is 0 Å². The maximum absolute atomic E-state index is 12.5. The first kappa shape index (κ1) is 18.9. The van der Waals surface area contributed by atoms with Gasteiger partial charge in [-0.05, 0) is 23.9 Å². The lowest BCUT2D eigenvalue weighted by atomic mass is 10.1. The first-order valence-electron chi connectivity index (χ1n) is 8.62. The first-order chi connectivity index (χ1) is 12.8. The van der Waals surface area contributed by atoms with Gasteiger partial charge in [0.15, 0.2) is 0 Å². The molecule has 27 heavy (non-hydrogen) atoms. The minimum Gasteiger partial charge on any atom is -0.350 e. The van der Waals surface area contributed by atoms with Crippen LogP contribution in [0.25, 0.3) is 10.8 Å². The van der Waals surface area contributed by atoms with Crippen LogP contribution in [0.5, 0.6) is 0 Å². The molecule has 0 unspecified atom stereocenters. The molecule has 0 bridgehead atoms. The quantitative estimate of drug-likeness (QED) is 0.712. The highest BCUT2D eigenvalue weighted by molar-refractivity contribution is 7.92. The number of sulfonamides is 1. The van der Waals surface area contributed by atoms with Crippen molar-refractivity contribution in [2.24, 2.45) is 0 Å². The summed E-state index contributed by atoms with van der Waals surface area (Å²) in [4.78, 5) is 12.5. The molecule has 1 N–H and O–H groups in total. The van der Waals surface area contributed by atoms with Crippen LogP contribution in [-0.2, 0) is 21.4 Å². The molecule has 0 aliphatic rings. The Morgan fingerprint density at radius 1 is 1.00 bits per heavy atom. The van der Waals surface area contributed by atoms with Crippen LogP contribution in [0.4, 0.5) is 5.69 Å². The van der Waals surface area contributed by atoms with Crippen molar-refractivity contribution >= 4 is 32.4 Å². The fourth-order valence-electron chi connectivity index (χ4n) is 3.02. The third-order valence-electron chi connectivity index (χ3n) is 4.30. The first-order valence-corrected chi connectivity index (χ1v) is 10.5. The highest BCUT2D eigenvalue weighted by atomic mass is 32.2. The number of fused-ring (bicyclic) bond motifs is 1. The largest absolute Gasteiger partial charge is 0.350 e. The fraction of sp³-hybridized carbons (Fsp3) is 0.190. The Labute approximate surface area is 159 Å². The minimum absolute atomic E-state index is 0.265. The number of nitrogens with one attached hydrogen (secondary N) is 1. The summed E-state index contributed by atoms with van der Waals surface area (Å²) in [7, 11) is -3.62. The van der Waals surface area contributed by atoms with E-state index in [1.165, 1.54) is 0 Å². The van der Waals surface area contributed by atoms with Gasteiger partial charge in [-0.1, -0.05) is 66.2 Å². The van der Waals surface area contributed by atoms with E-state index >= 15 is 0 Å². The molecule has 3 rings (SSSR count). The van der Waals surface area contributed by atoms with Crippen LogP contribution in [0.2, 0.25) is 0 Å². The summed E-state index contributed by atoms with van der Waals surface area (Å²) in [5.74, 6) is -0.352. The molecule has 3 aromatic carbocycles. The van der Waals surface area contributed by atoms with Crippen molar-refractivity contribution in [3.63, 3.8) is 0 Å². The van der Waals surface area contributed by atoms with Gasteiger partial charge in [0, 0.05) is 11.9 Å². The van der Waals surface area contributed by atoms with Gasteiger partial charge in [0.25, 0.3) is 0 Å². The summed E-state index contributed by atoms with van der Waals surface area (Å²) >= 11 is 0. The highest BCUT2D eigenvalue weighted by Gasteiger charge is 2.22. The zero-order valence-corrected chi connectivity index (χ0v) is 16.2. The van der Waals surface area contributed by atoms with Gasteiger partial charge in [0.2, 0.25) is 15.9 Å². The molecule has 0 heterocycles. The van der Waals surface area contributed by atoms with Crippen LogP contribution >= 0.6 is 0 Å². The average molecular weight is 382 g/mol. The molecule has 0 saturated carbocycles. The predicted octanol–water partition coefficient (Wildman–Crippen LogP) is 3.23. The van der Waals surface area contributed by atoms with Gasteiger partial charge >= 0.3 is 0 Å². The maximum atomic E-state index is 12.5. The molecule has 0 radical (unpaired) electrons. The number of nitrogens with zero attached hydrogens (tertiary/aromatic N) is 1. The van der Waals surface area contributed by atoms with Crippen molar-refractivity contribution in [1.82, 2.24) is 5.32 Å². The summed E-state index contributed by atoms with van der Waals surface area (Å²) in [5.41, 5.74) is 2.58. The zero-order chi connectivity index (χ0) is 19.4. The van der Waals surface area contributed by atoms with E-state index in [1.54, 1.807) is 12.1 Å². The molecular weight excluding hydrogens is 360 g/mol. The predicted molar refractivity (Wildman–Crippen MR) is 109 cm³/mol. The highest BCUT2D eigenvalue weighted by Crippen LogP contribution is 2.28. The van der Waals surface area contributed by atoms with Crippen molar-refractivity contribution in [3.05, 3.63) is 77.9 Å². The Morgan fingerprint density at radius 3 is 2.44 bits per heavy atom. The van der Waals surface area contributed by atoms with Crippen molar-refractivity contribution in [2.75, 3.05) is 17.1 Å². The van der Waals surface area contributed by atoms with E-state index in [1.807, 2.05) is 61.5 Å². The van der Waals surface area contributed by atoms with Crippen LogP contribution < -0.4 is 9.62 Å². The van der Waals surface area contributed by atoms with E-state index in [-0.39, 0.29) is 12.5 Å². The van der Waals surface area contributed by atoms with E-state index in [0.29, 0.717) is 12.2 Å².